The Morgan fingerprint density at radius 2 is 2.00 bits per heavy atom. The molecule has 118 valence electrons. The number of nitrogens with one attached hydrogen (secondary N) is 2. The Morgan fingerprint density at radius 3 is 2.57 bits per heavy atom. The summed E-state index contributed by atoms with van der Waals surface area (Å²) in [6.45, 7) is 3.76. The molecule has 0 aromatic carbocycles. The molecule has 1 aromatic heterocycles. The highest BCUT2D eigenvalue weighted by Gasteiger charge is 2.11. The third kappa shape index (κ3) is 5.71. The van der Waals surface area contributed by atoms with Crippen LogP contribution >= 0.6 is 0 Å². The highest BCUT2D eigenvalue weighted by Crippen LogP contribution is 2.11. The van der Waals surface area contributed by atoms with Gasteiger partial charge in [0, 0.05) is 30.6 Å². The van der Waals surface area contributed by atoms with E-state index in [0.29, 0.717) is 11.4 Å². The van der Waals surface area contributed by atoms with Gasteiger partial charge in [0.05, 0.1) is 5.75 Å². The molecule has 1 rings (SSSR count). The molecule has 0 unspecified atom stereocenters. The second-order valence-corrected chi connectivity index (χ2v) is 7.20. The Morgan fingerprint density at radius 1 is 1.29 bits per heavy atom. The minimum atomic E-state index is -3.07. The first-order chi connectivity index (χ1) is 9.91. The summed E-state index contributed by atoms with van der Waals surface area (Å²) in [5.41, 5.74) is 1.34. The van der Waals surface area contributed by atoms with Crippen LogP contribution in [0.15, 0.2) is 12.1 Å². The molecular weight excluding hydrogens is 290 g/mol. The van der Waals surface area contributed by atoms with Crippen LogP contribution < -0.4 is 10.6 Å². The SMILES string of the molecule is CCCc1cc(C(=O)NCCS(=O)(=O)CC)cc(NC)n1. The fraction of sp³-hybridized carbons (Fsp3) is 0.571. The molecule has 6 nitrogen and oxygen atoms in total. The minimum absolute atomic E-state index is 0.0406. The molecule has 0 saturated heterocycles. The van der Waals surface area contributed by atoms with E-state index in [1.54, 1.807) is 26.1 Å². The number of aryl methyl sites for hydroxylation is 1. The number of nitrogens with zero attached hydrogens (tertiary/aromatic N) is 1. The second-order valence-electron chi connectivity index (χ2n) is 4.72. The number of sulfone groups is 1. The molecule has 0 aliphatic carbocycles. The van der Waals surface area contributed by atoms with Gasteiger partial charge < -0.3 is 10.6 Å². The topological polar surface area (TPSA) is 88.2 Å². The normalized spacial score (nSPS) is 11.2. The quantitative estimate of drug-likeness (QED) is 0.754. The average molecular weight is 313 g/mol. The van der Waals surface area contributed by atoms with E-state index in [9.17, 15) is 13.2 Å². The van der Waals surface area contributed by atoms with Crippen molar-refractivity contribution in [2.45, 2.75) is 26.7 Å². The Hall–Kier alpha value is -1.63. The summed E-state index contributed by atoms with van der Waals surface area (Å²) in [5, 5.41) is 5.56. The Balaban J connectivity index is 2.75. The van der Waals surface area contributed by atoms with Crippen LogP contribution in [0.25, 0.3) is 0 Å². The molecule has 1 heterocycles. The number of aromatic nitrogens is 1. The first kappa shape index (κ1) is 17.4. The van der Waals surface area contributed by atoms with Gasteiger partial charge in [0.15, 0.2) is 9.84 Å². The maximum absolute atomic E-state index is 12.1. The summed E-state index contributed by atoms with van der Waals surface area (Å²) in [7, 11) is -1.32. The highest BCUT2D eigenvalue weighted by molar-refractivity contribution is 7.91. The number of hydrogen-bond donors (Lipinski definition) is 2. The molecular formula is C14H23N3O3S. The van der Waals surface area contributed by atoms with Crippen LogP contribution in [0.3, 0.4) is 0 Å². The van der Waals surface area contributed by atoms with E-state index >= 15 is 0 Å². The number of amides is 1. The Labute approximate surface area is 126 Å². The fourth-order valence-corrected chi connectivity index (χ4v) is 2.50. The van der Waals surface area contributed by atoms with Gasteiger partial charge in [-0.25, -0.2) is 13.4 Å². The van der Waals surface area contributed by atoms with Crippen LogP contribution in [0.1, 0.15) is 36.3 Å². The van der Waals surface area contributed by atoms with Crippen LogP contribution in [0.5, 0.6) is 0 Å². The van der Waals surface area contributed by atoms with Crippen molar-refractivity contribution in [1.29, 1.82) is 0 Å². The number of pyridine rings is 1. The van der Waals surface area contributed by atoms with Crippen LogP contribution in [0.2, 0.25) is 0 Å². The Bertz CT molecular complexity index is 585. The van der Waals surface area contributed by atoms with Gasteiger partial charge >= 0.3 is 0 Å². The molecule has 1 aromatic rings. The second kappa shape index (κ2) is 7.97. The summed E-state index contributed by atoms with van der Waals surface area (Å²) in [5.74, 6) is 0.397. The summed E-state index contributed by atoms with van der Waals surface area (Å²) in [6, 6.07) is 3.40. The molecule has 2 N–H and O–H groups in total. The predicted octanol–water partition coefficient (Wildman–Crippen LogP) is 1.24. The van der Waals surface area contributed by atoms with Gasteiger partial charge in [0.25, 0.3) is 5.91 Å². The number of hydrogen-bond acceptors (Lipinski definition) is 5. The van der Waals surface area contributed by atoms with E-state index in [1.165, 1.54) is 0 Å². The van der Waals surface area contributed by atoms with Crippen molar-refractivity contribution >= 4 is 21.6 Å². The standard InChI is InChI=1S/C14H23N3O3S/c1-4-6-12-9-11(10-13(15-3)17-12)14(18)16-7-8-21(19,20)5-2/h9-10H,4-8H2,1-3H3,(H,15,17)(H,16,18). The van der Waals surface area contributed by atoms with Crippen molar-refractivity contribution in [3.8, 4) is 0 Å². The summed E-state index contributed by atoms with van der Waals surface area (Å²) in [4.78, 5) is 16.5. The summed E-state index contributed by atoms with van der Waals surface area (Å²) < 4.78 is 22.8. The minimum Gasteiger partial charge on any atom is -0.373 e. The molecule has 21 heavy (non-hydrogen) atoms. The van der Waals surface area contributed by atoms with Gasteiger partial charge in [-0.05, 0) is 18.6 Å². The van der Waals surface area contributed by atoms with Crippen molar-refractivity contribution < 1.29 is 13.2 Å². The molecule has 7 heteroatoms. The molecule has 0 aliphatic heterocycles. The molecule has 0 aliphatic rings. The maximum atomic E-state index is 12.1. The van der Waals surface area contributed by atoms with Crippen LogP contribution in [0, 0.1) is 0 Å². The first-order valence-electron chi connectivity index (χ1n) is 7.09. The van der Waals surface area contributed by atoms with Crippen LogP contribution in [0.4, 0.5) is 5.82 Å². The first-order valence-corrected chi connectivity index (χ1v) is 8.91. The van der Waals surface area contributed by atoms with Crippen molar-refractivity contribution in [2.75, 3.05) is 30.4 Å². The molecule has 0 atom stereocenters. The van der Waals surface area contributed by atoms with E-state index in [4.69, 9.17) is 0 Å². The number of carbonyl (C=O) groups excluding carboxylic acids is 1. The van der Waals surface area contributed by atoms with E-state index in [1.807, 2.05) is 6.92 Å². The number of anilines is 1. The van der Waals surface area contributed by atoms with E-state index in [2.05, 4.69) is 15.6 Å². The lowest BCUT2D eigenvalue weighted by molar-refractivity contribution is 0.0956. The lowest BCUT2D eigenvalue weighted by Crippen LogP contribution is -2.29. The molecule has 0 saturated carbocycles. The molecule has 0 spiro atoms. The largest absolute Gasteiger partial charge is 0.373 e. The molecule has 0 bridgehead atoms. The van der Waals surface area contributed by atoms with Crippen molar-refractivity contribution in [1.82, 2.24) is 10.3 Å². The fourth-order valence-electron chi connectivity index (χ4n) is 1.80. The third-order valence-corrected chi connectivity index (χ3v) is 4.75. The molecule has 0 radical (unpaired) electrons. The monoisotopic (exact) mass is 313 g/mol. The lowest BCUT2D eigenvalue weighted by atomic mass is 10.1. The van der Waals surface area contributed by atoms with Crippen molar-refractivity contribution in [2.24, 2.45) is 0 Å². The van der Waals surface area contributed by atoms with E-state index in [-0.39, 0.29) is 24.0 Å². The van der Waals surface area contributed by atoms with Gasteiger partial charge in [0.2, 0.25) is 0 Å². The zero-order valence-electron chi connectivity index (χ0n) is 12.8. The van der Waals surface area contributed by atoms with Gasteiger partial charge in [-0.1, -0.05) is 20.3 Å². The number of rotatable bonds is 8. The smallest absolute Gasteiger partial charge is 0.251 e. The van der Waals surface area contributed by atoms with Crippen molar-refractivity contribution in [3.63, 3.8) is 0 Å². The van der Waals surface area contributed by atoms with Gasteiger partial charge in [0.1, 0.15) is 5.82 Å². The van der Waals surface area contributed by atoms with Gasteiger partial charge in [-0.3, -0.25) is 4.79 Å². The zero-order chi connectivity index (χ0) is 15.9. The zero-order valence-corrected chi connectivity index (χ0v) is 13.6. The van der Waals surface area contributed by atoms with E-state index in [0.717, 1.165) is 18.5 Å². The maximum Gasteiger partial charge on any atom is 0.251 e. The summed E-state index contributed by atoms with van der Waals surface area (Å²) in [6.07, 6.45) is 1.73. The predicted molar refractivity (Wildman–Crippen MR) is 84.4 cm³/mol. The van der Waals surface area contributed by atoms with Crippen molar-refractivity contribution in [3.05, 3.63) is 23.4 Å². The van der Waals surface area contributed by atoms with Gasteiger partial charge in [-0.2, -0.15) is 0 Å². The summed E-state index contributed by atoms with van der Waals surface area (Å²) >= 11 is 0. The molecule has 1 amide bonds. The van der Waals surface area contributed by atoms with Crippen LogP contribution in [-0.2, 0) is 16.3 Å². The van der Waals surface area contributed by atoms with Crippen LogP contribution in [-0.4, -0.2) is 44.4 Å². The number of carbonyl (C=O) groups is 1. The molecule has 0 fully saturated rings. The third-order valence-electron chi connectivity index (χ3n) is 3.04. The van der Waals surface area contributed by atoms with Gasteiger partial charge in [-0.15, -0.1) is 0 Å². The Kier molecular flexibility index (Phi) is 6.61. The lowest BCUT2D eigenvalue weighted by Gasteiger charge is -2.09. The van der Waals surface area contributed by atoms with E-state index < -0.39 is 9.84 Å². The highest BCUT2D eigenvalue weighted by atomic mass is 32.2. The average Bonchev–Trinajstić information content (AvgIpc) is 2.47.